The summed E-state index contributed by atoms with van der Waals surface area (Å²) in [4.78, 5) is 17.4. The van der Waals surface area contributed by atoms with E-state index in [0.29, 0.717) is 39.1 Å². The van der Waals surface area contributed by atoms with Gasteiger partial charge in [-0.05, 0) is 76.1 Å². The number of thiazole rings is 1. The maximum Gasteiger partial charge on any atom is 0.416 e. The molecule has 3 rings (SSSR count). The van der Waals surface area contributed by atoms with Crippen LogP contribution in [0.15, 0.2) is 42.5 Å². The third kappa shape index (κ3) is 8.34. The number of carbonyl (C=O) groups is 1. The van der Waals surface area contributed by atoms with E-state index in [1.54, 1.807) is 45.9 Å². The SMILES string of the molecule is CCOC(=O)c1sc(-c2ccc(OCC(C)C)c(C(Nc3ccc(C(F)(F)F)cc3)P(=O)(OCC)OCC)c2)nc1C. The summed E-state index contributed by atoms with van der Waals surface area (Å²) in [5.41, 5.74) is 0.946. The van der Waals surface area contributed by atoms with Gasteiger partial charge in [-0.3, -0.25) is 4.57 Å². The first kappa shape index (κ1) is 33.6. The van der Waals surface area contributed by atoms with Gasteiger partial charge in [0.25, 0.3) is 0 Å². The molecule has 0 bridgehead atoms. The Morgan fingerprint density at radius 3 is 2.21 bits per heavy atom. The van der Waals surface area contributed by atoms with Gasteiger partial charge in [-0.1, -0.05) is 13.8 Å². The van der Waals surface area contributed by atoms with Crippen LogP contribution in [-0.4, -0.2) is 37.4 Å². The molecule has 0 radical (unpaired) electrons. The lowest BCUT2D eigenvalue weighted by atomic mass is 10.1. The van der Waals surface area contributed by atoms with Crippen LogP contribution in [0.1, 0.15) is 66.9 Å². The highest BCUT2D eigenvalue weighted by Gasteiger charge is 2.40. The van der Waals surface area contributed by atoms with Gasteiger partial charge >= 0.3 is 19.7 Å². The van der Waals surface area contributed by atoms with E-state index in [4.69, 9.17) is 18.5 Å². The smallest absolute Gasteiger partial charge is 0.416 e. The summed E-state index contributed by atoms with van der Waals surface area (Å²) < 4.78 is 76.6. The summed E-state index contributed by atoms with van der Waals surface area (Å²) in [5.74, 6) is -1.09. The maximum absolute atomic E-state index is 14.3. The van der Waals surface area contributed by atoms with Crippen LogP contribution in [0.5, 0.6) is 5.75 Å². The van der Waals surface area contributed by atoms with Gasteiger partial charge in [0.05, 0.1) is 37.7 Å². The second-order valence-electron chi connectivity index (χ2n) is 9.61. The van der Waals surface area contributed by atoms with Crippen LogP contribution in [-0.2, 0) is 24.5 Å². The summed E-state index contributed by atoms with van der Waals surface area (Å²) in [6, 6.07) is 9.58. The Labute approximate surface area is 248 Å². The van der Waals surface area contributed by atoms with Gasteiger partial charge in [0.15, 0.2) is 5.78 Å². The van der Waals surface area contributed by atoms with Gasteiger partial charge in [0.2, 0.25) is 0 Å². The maximum atomic E-state index is 14.3. The van der Waals surface area contributed by atoms with Crippen molar-refractivity contribution in [2.45, 2.75) is 53.5 Å². The van der Waals surface area contributed by atoms with E-state index in [1.165, 1.54) is 12.1 Å². The highest BCUT2D eigenvalue weighted by Crippen LogP contribution is 2.62. The molecule has 0 saturated heterocycles. The fraction of sp³-hybridized carbons (Fsp3) is 0.448. The Balaban J connectivity index is 2.19. The van der Waals surface area contributed by atoms with Gasteiger partial charge in [-0.2, -0.15) is 13.2 Å². The first-order chi connectivity index (χ1) is 19.8. The highest BCUT2D eigenvalue weighted by molar-refractivity contribution is 7.54. The van der Waals surface area contributed by atoms with Crippen LogP contribution < -0.4 is 10.1 Å². The lowest BCUT2D eigenvalue weighted by molar-refractivity contribution is -0.137. The number of aromatic nitrogens is 1. The number of halogens is 3. The van der Waals surface area contributed by atoms with Crippen LogP contribution in [0, 0.1) is 12.8 Å². The largest absolute Gasteiger partial charge is 0.493 e. The molecule has 1 heterocycles. The predicted molar refractivity (Wildman–Crippen MR) is 157 cm³/mol. The molecule has 3 aromatic rings. The second kappa shape index (κ2) is 14.5. The fourth-order valence-corrected chi connectivity index (χ4v) is 6.87. The first-order valence-electron chi connectivity index (χ1n) is 13.6. The highest BCUT2D eigenvalue weighted by atomic mass is 32.1. The number of benzene rings is 2. The number of nitrogens with one attached hydrogen (secondary N) is 1. The van der Waals surface area contributed by atoms with Gasteiger partial charge in [-0.15, -0.1) is 11.3 Å². The second-order valence-corrected chi connectivity index (χ2v) is 12.7. The van der Waals surface area contributed by atoms with E-state index in [-0.39, 0.29) is 31.4 Å². The normalized spacial score (nSPS) is 12.8. The molecular weight excluding hydrogens is 592 g/mol. The molecular formula is C29H36F3N2O6PS. The summed E-state index contributed by atoms with van der Waals surface area (Å²) in [5, 5.41) is 3.61. The van der Waals surface area contributed by atoms with Crippen LogP contribution in [0.4, 0.5) is 18.9 Å². The molecule has 1 aromatic heterocycles. The number of rotatable bonds is 14. The van der Waals surface area contributed by atoms with Gasteiger partial charge < -0.3 is 23.8 Å². The molecule has 0 amide bonds. The Kier molecular flexibility index (Phi) is 11.6. The molecule has 0 spiro atoms. The quantitative estimate of drug-likeness (QED) is 0.140. The molecule has 13 heteroatoms. The van der Waals surface area contributed by atoms with Crippen LogP contribution in [0.3, 0.4) is 0 Å². The lowest BCUT2D eigenvalue weighted by Gasteiger charge is -2.30. The van der Waals surface area contributed by atoms with E-state index in [0.717, 1.165) is 23.5 Å². The van der Waals surface area contributed by atoms with Crippen molar-refractivity contribution in [3.05, 3.63) is 64.2 Å². The minimum Gasteiger partial charge on any atom is -0.493 e. The fourth-order valence-electron chi connectivity index (χ4n) is 3.98. The number of hydrogen-bond acceptors (Lipinski definition) is 9. The van der Waals surface area contributed by atoms with E-state index in [1.807, 2.05) is 13.8 Å². The molecule has 0 saturated carbocycles. The molecule has 0 aliphatic rings. The number of nitrogens with zero attached hydrogens (tertiary/aromatic N) is 1. The number of esters is 1. The summed E-state index contributed by atoms with van der Waals surface area (Å²) in [6.07, 6.45) is -4.51. The van der Waals surface area contributed by atoms with Crippen molar-refractivity contribution in [1.29, 1.82) is 0 Å². The zero-order valence-corrected chi connectivity index (χ0v) is 26.1. The van der Waals surface area contributed by atoms with E-state index < -0.39 is 31.1 Å². The molecule has 0 aliphatic carbocycles. The van der Waals surface area contributed by atoms with Crippen molar-refractivity contribution in [3.63, 3.8) is 0 Å². The number of anilines is 1. The summed E-state index contributed by atoms with van der Waals surface area (Å²) in [6.45, 7) is 11.4. The Morgan fingerprint density at radius 2 is 1.67 bits per heavy atom. The monoisotopic (exact) mass is 628 g/mol. The van der Waals surface area contributed by atoms with Crippen molar-refractivity contribution < 1.29 is 41.1 Å². The minimum absolute atomic E-state index is 0.0545. The molecule has 1 N–H and O–H groups in total. The number of aryl methyl sites for hydroxylation is 1. The summed E-state index contributed by atoms with van der Waals surface area (Å²) >= 11 is 1.16. The third-order valence-corrected chi connectivity index (χ3v) is 9.29. The van der Waals surface area contributed by atoms with Crippen LogP contribution in [0.2, 0.25) is 0 Å². The van der Waals surface area contributed by atoms with Crippen molar-refractivity contribution >= 4 is 30.6 Å². The number of carbonyl (C=O) groups excluding carboxylic acids is 1. The molecule has 230 valence electrons. The molecule has 1 atom stereocenters. The number of hydrogen-bond donors (Lipinski definition) is 1. The predicted octanol–water partition coefficient (Wildman–Crippen LogP) is 8.73. The van der Waals surface area contributed by atoms with Crippen LogP contribution >= 0.6 is 18.9 Å². The van der Waals surface area contributed by atoms with Crippen molar-refractivity contribution in [3.8, 4) is 16.3 Å². The molecule has 0 fully saturated rings. The van der Waals surface area contributed by atoms with Crippen molar-refractivity contribution in [2.24, 2.45) is 5.92 Å². The van der Waals surface area contributed by atoms with Gasteiger partial charge in [-0.25, -0.2) is 9.78 Å². The Hall–Kier alpha value is -2.92. The first-order valence-corrected chi connectivity index (χ1v) is 16.0. The lowest BCUT2D eigenvalue weighted by Crippen LogP contribution is -2.17. The van der Waals surface area contributed by atoms with Crippen molar-refractivity contribution in [1.82, 2.24) is 4.98 Å². The van der Waals surface area contributed by atoms with E-state index >= 15 is 0 Å². The third-order valence-electron chi connectivity index (χ3n) is 5.83. The number of ether oxygens (including phenoxy) is 2. The topological polar surface area (TPSA) is 96.0 Å². The Bertz CT molecular complexity index is 1380. The summed E-state index contributed by atoms with van der Waals surface area (Å²) in [7, 11) is -3.98. The average molecular weight is 629 g/mol. The van der Waals surface area contributed by atoms with Gasteiger partial charge in [0, 0.05) is 16.8 Å². The zero-order chi connectivity index (χ0) is 31.1. The molecule has 2 aromatic carbocycles. The molecule has 42 heavy (non-hydrogen) atoms. The Morgan fingerprint density at radius 1 is 1.02 bits per heavy atom. The van der Waals surface area contributed by atoms with Crippen molar-refractivity contribution in [2.75, 3.05) is 31.7 Å². The minimum atomic E-state index is -4.51. The van der Waals surface area contributed by atoms with Crippen LogP contribution in [0.25, 0.3) is 10.6 Å². The zero-order valence-electron chi connectivity index (χ0n) is 24.4. The molecule has 1 unspecified atom stereocenters. The van der Waals surface area contributed by atoms with E-state index in [9.17, 15) is 22.5 Å². The number of alkyl halides is 3. The van der Waals surface area contributed by atoms with Gasteiger partial charge in [0.1, 0.15) is 15.6 Å². The molecule has 0 aliphatic heterocycles. The standard InChI is InChI=1S/C29H36F3N2O6PS/c1-7-37-28(35)25-19(6)33-27(42-25)20-10-15-24(38-17-18(4)5)23(16-20)26(41(36,39-8-2)40-9-3)34-22-13-11-21(12-14-22)29(30,31)32/h10-16,18,26,34H,7-9,17H2,1-6H3. The van der Waals surface area contributed by atoms with E-state index in [2.05, 4.69) is 10.3 Å². The molecule has 8 nitrogen and oxygen atoms in total. The average Bonchev–Trinajstić information content (AvgIpc) is 3.32.